The fraction of sp³-hybridized carbons (Fsp3) is 0.355. The van der Waals surface area contributed by atoms with Crippen molar-refractivity contribution in [3.8, 4) is 11.5 Å². The van der Waals surface area contributed by atoms with Crippen LogP contribution in [-0.2, 0) is 26.2 Å². The predicted octanol–water partition coefficient (Wildman–Crippen LogP) is 5.27. The molecule has 1 N–H and O–H groups in total. The molecule has 226 valence electrons. The van der Waals surface area contributed by atoms with E-state index in [4.69, 9.17) is 21.1 Å². The minimum Gasteiger partial charge on any atom is -0.497 e. The van der Waals surface area contributed by atoms with E-state index in [1.165, 1.54) is 29.2 Å². The lowest BCUT2D eigenvalue weighted by molar-refractivity contribution is -0.140. The first kappa shape index (κ1) is 32.8. The molecule has 3 aromatic rings. The Labute approximate surface area is 253 Å². The van der Waals surface area contributed by atoms with Crippen molar-refractivity contribution in [3.63, 3.8) is 0 Å². The summed E-state index contributed by atoms with van der Waals surface area (Å²) < 4.78 is 39.8. The second kappa shape index (κ2) is 14.9. The van der Waals surface area contributed by atoms with Gasteiger partial charge in [-0.25, -0.2) is 8.42 Å². The second-order valence-electron chi connectivity index (χ2n) is 9.85. The van der Waals surface area contributed by atoms with Crippen LogP contribution in [0.2, 0.25) is 5.02 Å². The number of ether oxygens (including phenoxy) is 2. The number of sulfonamides is 1. The molecule has 0 spiro atoms. The average molecular weight is 616 g/mol. The van der Waals surface area contributed by atoms with Gasteiger partial charge in [0.05, 0.1) is 24.3 Å². The Kier molecular flexibility index (Phi) is 11.6. The number of rotatable bonds is 14. The molecule has 0 heterocycles. The zero-order valence-corrected chi connectivity index (χ0v) is 26.1. The number of carbonyl (C=O) groups is 2. The van der Waals surface area contributed by atoms with Gasteiger partial charge in [-0.1, -0.05) is 30.7 Å². The number of carbonyl (C=O) groups excluding carboxylic acids is 2. The first-order valence-electron chi connectivity index (χ1n) is 13.7. The largest absolute Gasteiger partial charge is 0.497 e. The zero-order valence-electron chi connectivity index (χ0n) is 24.5. The Balaban J connectivity index is 2.07. The van der Waals surface area contributed by atoms with Gasteiger partial charge >= 0.3 is 0 Å². The summed E-state index contributed by atoms with van der Waals surface area (Å²) in [6.07, 6.45) is 0.321. The van der Waals surface area contributed by atoms with Crippen molar-refractivity contribution in [2.75, 3.05) is 24.6 Å². The molecule has 0 fully saturated rings. The quantitative estimate of drug-likeness (QED) is 0.265. The number of nitrogens with one attached hydrogen (secondary N) is 1. The summed E-state index contributed by atoms with van der Waals surface area (Å²) in [7, 11) is -2.67. The van der Waals surface area contributed by atoms with E-state index in [0.29, 0.717) is 29.5 Å². The molecule has 2 amide bonds. The van der Waals surface area contributed by atoms with E-state index in [1.54, 1.807) is 49.6 Å². The Morgan fingerprint density at radius 1 is 0.952 bits per heavy atom. The smallest absolute Gasteiger partial charge is 0.264 e. The molecular formula is C31H38ClN3O6S. The van der Waals surface area contributed by atoms with Crippen LogP contribution in [0, 0.1) is 0 Å². The number of halogens is 1. The number of anilines is 1. The molecule has 0 aliphatic carbocycles. The number of amides is 2. The van der Waals surface area contributed by atoms with E-state index in [1.807, 2.05) is 33.8 Å². The Morgan fingerprint density at radius 2 is 1.62 bits per heavy atom. The number of benzene rings is 3. The van der Waals surface area contributed by atoms with Crippen molar-refractivity contribution >= 4 is 39.1 Å². The summed E-state index contributed by atoms with van der Waals surface area (Å²) in [5.74, 6) is 0.292. The van der Waals surface area contributed by atoms with Crippen LogP contribution in [0.15, 0.2) is 77.7 Å². The van der Waals surface area contributed by atoms with Gasteiger partial charge in [0.15, 0.2) is 0 Å². The molecule has 0 aliphatic heterocycles. The molecule has 0 aromatic heterocycles. The molecule has 0 bridgehead atoms. The minimum absolute atomic E-state index is 0.0301. The third-order valence-corrected chi connectivity index (χ3v) is 8.46. The first-order chi connectivity index (χ1) is 20.0. The van der Waals surface area contributed by atoms with Gasteiger partial charge in [0.25, 0.3) is 10.0 Å². The normalized spacial score (nSPS) is 12.0. The second-order valence-corrected chi connectivity index (χ2v) is 12.2. The van der Waals surface area contributed by atoms with Crippen LogP contribution in [-0.4, -0.2) is 57.5 Å². The van der Waals surface area contributed by atoms with Crippen LogP contribution in [0.25, 0.3) is 0 Å². The fourth-order valence-corrected chi connectivity index (χ4v) is 5.95. The van der Waals surface area contributed by atoms with Gasteiger partial charge < -0.3 is 19.7 Å². The topological polar surface area (TPSA) is 105 Å². The molecule has 3 rings (SSSR count). The van der Waals surface area contributed by atoms with Gasteiger partial charge in [-0.2, -0.15) is 0 Å². The number of methoxy groups -OCH3 is 1. The monoisotopic (exact) mass is 615 g/mol. The molecule has 1 atom stereocenters. The van der Waals surface area contributed by atoms with Crippen molar-refractivity contribution in [3.05, 3.63) is 83.4 Å². The summed E-state index contributed by atoms with van der Waals surface area (Å²) in [5.41, 5.74) is 0.995. The lowest BCUT2D eigenvalue weighted by Gasteiger charge is -2.33. The van der Waals surface area contributed by atoms with E-state index in [0.717, 1.165) is 9.87 Å². The van der Waals surface area contributed by atoms with Crippen LogP contribution < -0.4 is 19.1 Å². The van der Waals surface area contributed by atoms with Crippen molar-refractivity contribution < 1.29 is 27.5 Å². The standard InChI is InChI=1S/C31H38ClN3O6S/c1-6-29(31(37)33-22(3)4)34(20-23-9-8-10-27(19-23)40-5)30(36)21-35(25-13-15-26(16-14-25)41-7-2)42(38,39)28-17-11-24(32)12-18-28/h8-19,22,29H,6-7,20-21H2,1-5H3,(H,33,37)/t29-/m0/s1. The van der Waals surface area contributed by atoms with Crippen LogP contribution >= 0.6 is 11.6 Å². The molecule has 0 unspecified atom stereocenters. The predicted molar refractivity (Wildman–Crippen MR) is 164 cm³/mol. The summed E-state index contributed by atoms with van der Waals surface area (Å²) in [6.45, 7) is 7.30. The molecule has 3 aromatic carbocycles. The maximum Gasteiger partial charge on any atom is 0.264 e. The lowest BCUT2D eigenvalue weighted by Crippen LogP contribution is -2.53. The SMILES string of the molecule is CCOc1ccc(N(CC(=O)N(Cc2cccc(OC)c2)[C@@H](CC)C(=O)NC(C)C)S(=O)(=O)c2ccc(Cl)cc2)cc1. The van der Waals surface area contributed by atoms with E-state index < -0.39 is 28.5 Å². The molecular weight excluding hydrogens is 578 g/mol. The highest BCUT2D eigenvalue weighted by molar-refractivity contribution is 7.92. The van der Waals surface area contributed by atoms with Crippen molar-refractivity contribution in [2.45, 2.75) is 57.6 Å². The van der Waals surface area contributed by atoms with Gasteiger partial charge in [0.1, 0.15) is 24.1 Å². The molecule has 0 aliphatic rings. The highest BCUT2D eigenvalue weighted by Gasteiger charge is 2.34. The van der Waals surface area contributed by atoms with Crippen LogP contribution in [0.5, 0.6) is 11.5 Å². The van der Waals surface area contributed by atoms with E-state index >= 15 is 0 Å². The van der Waals surface area contributed by atoms with Crippen molar-refractivity contribution in [1.29, 1.82) is 0 Å². The van der Waals surface area contributed by atoms with Gasteiger partial charge in [-0.05, 0) is 93.4 Å². The van der Waals surface area contributed by atoms with Gasteiger partial charge in [0.2, 0.25) is 11.8 Å². The molecule has 42 heavy (non-hydrogen) atoms. The summed E-state index contributed by atoms with van der Waals surface area (Å²) >= 11 is 6.02. The summed E-state index contributed by atoms with van der Waals surface area (Å²) in [5, 5.41) is 3.26. The lowest BCUT2D eigenvalue weighted by atomic mass is 10.1. The molecule has 0 radical (unpaired) electrons. The average Bonchev–Trinajstić information content (AvgIpc) is 2.96. The van der Waals surface area contributed by atoms with Crippen molar-refractivity contribution in [1.82, 2.24) is 10.2 Å². The number of nitrogens with zero attached hydrogens (tertiary/aromatic N) is 2. The summed E-state index contributed by atoms with van der Waals surface area (Å²) in [6, 6.07) is 18.4. The number of hydrogen-bond acceptors (Lipinski definition) is 6. The molecule has 9 nitrogen and oxygen atoms in total. The maximum absolute atomic E-state index is 14.1. The van der Waals surface area contributed by atoms with Crippen molar-refractivity contribution in [2.24, 2.45) is 0 Å². The van der Waals surface area contributed by atoms with Crippen LogP contribution in [0.1, 0.15) is 39.7 Å². The summed E-state index contributed by atoms with van der Waals surface area (Å²) in [4.78, 5) is 28.8. The highest BCUT2D eigenvalue weighted by atomic mass is 35.5. The molecule has 0 saturated carbocycles. The van der Waals surface area contributed by atoms with Gasteiger partial charge in [0, 0.05) is 17.6 Å². The van der Waals surface area contributed by atoms with E-state index in [9.17, 15) is 18.0 Å². The minimum atomic E-state index is -4.21. The van der Waals surface area contributed by atoms with Crippen LogP contribution in [0.3, 0.4) is 0 Å². The number of hydrogen-bond donors (Lipinski definition) is 1. The third kappa shape index (κ3) is 8.39. The molecule has 0 saturated heterocycles. The maximum atomic E-state index is 14.1. The van der Waals surface area contributed by atoms with Gasteiger partial charge in [-0.15, -0.1) is 0 Å². The van der Waals surface area contributed by atoms with E-state index in [-0.39, 0.29) is 29.1 Å². The fourth-order valence-electron chi connectivity index (χ4n) is 4.41. The third-order valence-electron chi connectivity index (χ3n) is 6.42. The molecule has 11 heteroatoms. The first-order valence-corrected chi connectivity index (χ1v) is 15.6. The Bertz CT molecular complexity index is 1450. The Morgan fingerprint density at radius 3 is 2.19 bits per heavy atom. The van der Waals surface area contributed by atoms with Crippen LogP contribution in [0.4, 0.5) is 5.69 Å². The zero-order chi connectivity index (χ0) is 30.9. The van der Waals surface area contributed by atoms with Gasteiger partial charge in [-0.3, -0.25) is 13.9 Å². The van der Waals surface area contributed by atoms with E-state index in [2.05, 4.69) is 5.32 Å². The Hall–Kier alpha value is -3.76. The highest BCUT2D eigenvalue weighted by Crippen LogP contribution is 2.28.